The summed E-state index contributed by atoms with van der Waals surface area (Å²) in [7, 11) is 0. The predicted octanol–water partition coefficient (Wildman–Crippen LogP) is 1.37. The number of nitrogens with zero attached hydrogens (tertiary/aromatic N) is 2. The van der Waals surface area contributed by atoms with E-state index >= 15 is 0 Å². The molecule has 2 aliphatic rings. The quantitative estimate of drug-likeness (QED) is 0.776. The normalized spacial score (nSPS) is 23.4. The monoisotopic (exact) mass is 297 g/mol. The van der Waals surface area contributed by atoms with Gasteiger partial charge in [-0.05, 0) is 38.3 Å². The molecule has 0 aromatic carbocycles. The number of aliphatic carboxylic acids is 1. The van der Waals surface area contributed by atoms with Crippen LogP contribution in [-0.4, -0.2) is 65.7 Å². The van der Waals surface area contributed by atoms with Gasteiger partial charge in [0.15, 0.2) is 0 Å². The highest BCUT2D eigenvalue weighted by Gasteiger charge is 2.29. The lowest BCUT2D eigenvalue weighted by atomic mass is 10.1. The Labute approximate surface area is 126 Å². The molecule has 0 spiro atoms. The number of rotatable bonds is 6. The molecule has 0 bridgehead atoms. The van der Waals surface area contributed by atoms with Crippen molar-refractivity contribution < 1.29 is 14.7 Å². The maximum atomic E-state index is 12.3. The molecule has 2 rings (SSSR count). The van der Waals surface area contributed by atoms with Crippen LogP contribution in [0.2, 0.25) is 0 Å². The van der Waals surface area contributed by atoms with E-state index < -0.39 is 5.97 Å². The number of urea groups is 1. The summed E-state index contributed by atoms with van der Waals surface area (Å²) < 4.78 is 0. The molecular formula is C15H27N3O3. The van der Waals surface area contributed by atoms with Crippen molar-refractivity contribution in [2.75, 3.05) is 32.7 Å². The second-order valence-corrected chi connectivity index (χ2v) is 6.19. The zero-order valence-electron chi connectivity index (χ0n) is 12.9. The van der Waals surface area contributed by atoms with Gasteiger partial charge in [0.05, 0.1) is 0 Å². The summed E-state index contributed by atoms with van der Waals surface area (Å²) in [5, 5.41) is 12.0. The first-order valence-corrected chi connectivity index (χ1v) is 8.08. The summed E-state index contributed by atoms with van der Waals surface area (Å²) in [6, 6.07) is -0.115. The Morgan fingerprint density at radius 2 is 2.00 bits per heavy atom. The number of nitrogens with one attached hydrogen (secondary N) is 1. The summed E-state index contributed by atoms with van der Waals surface area (Å²) in [5.41, 5.74) is 0. The zero-order valence-corrected chi connectivity index (χ0v) is 12.9. The van der Waals surface area contributed by atoms with Crippen LogP contribution in [0, 0.1) is 5.92 Å². The van der Waals surface area contributed by atoms with Crippen LogP contribution >= 0.6 is 0 Å². The molecule has 0 aromatic heterocycles. The minimum absolute atomic E-state index is 0.0943. The lowest BCUT2D eigenvalue weighted by Crippen LogP contribution is -2.48. The van der Waals surface area contributed by atoms with Crippen molar-refractivity contribution in [3.05, 3.63) is 0 Å². The standard InChI is InChI=1S/C15H27N3O3/c1-2-17-8-7-12(10-17)9-16-15(21)18(11-14(19)20)13-5-3-4-6-13/h12-13H,2-11H2,1H3,(H,16,21)(H,19,20). The van der Waals surface area contributed by atoms with Crippen molar-refractivity contribution in [3.8, 4) is 0 Å². The van der Waals surface area contributed by atoms with Gasteiger partial charge in [-0.15, -0.1) is 0 Å². The number of carbonyl (C=O) groups is 2. The maximum Gasteiger partial charge on any atom is 0.323 e. The van der Waals surface area contributed by atoms with Gasteiger partial charge in [-0.2, -0.15) is 0 Å². The smallest absolute Gasteiger partial charge is 0.323 e. The third-order valence-electron chi connectivity index (χ3n) is 4.69. The van der Waals surface area contributed by atoms with E-state index in [9.17, 15) is 9.59 Å². The molecule has 1 saturated heterocycles. The average molecular weight is 297 g/mol. The third-order valence-corrected chi connectivity index (χ3v) is 4.69. The van der Waals surface area contributed by atoms with E-state index in [4.69, 9.17) is 5.11 Å². The molecule has 1 saturated carbocycles. The van der Waals surface area contributed by atoms with Crippen molar-refractivity contribution in [2.45, 2.75) is 45.1 Å². The van der Waals surface area contributed by atoms with Gasteiger partial charge in [0.1, 0.15) is 6.54 Å². The van der Waals surface area contributed by atoms with Crippen LogP contribution in [0.3, 0.4) is 0 Å². The fourth-order valence-electron chi connectivity index (χ4n) is 3.43. The highest BCUT2D eigenvalue weighted by Crippen LogP contribution is 2.23. The maximum absolute atomic E-state index is 12.3. The summed E-state index contributed by atoms with van der Waals surface area (Å²) in [4.78, 5) is 27.2. The van der Waals surface area contributed by atoms with Gasteiger partial charge in [0.25, 0.3) is 0 Å². The number of carbonyl (C=O) groups excluding carboxylic acids is 1. The number of likely N-dealkylation sites (tertiary alicyclic amines) is 1. The highest BCUT2D eigenvalue weighted by atomic mass is 16.4. The van der Waals surface area contributed by atoms with Crippen LogP contribution < -0.4 is 5.32 Å². The molecule has 6 heteroatoms. The number of carboxylic acids is 1. The van der Waals surface area contributed by atoms with Gasteiger partial charge < -0.3 is 20.2 Å². The fourth-order valence-corrected chi connectivity index (χ4v) is 3.43. The topological polar surface area (TPSA) is 72.9 Å². The zero-order chi connectivity index (χ0) is 15.2. The number of amides is 2. The van der Waals surface area contributed by atoms with Crippen LogP contribution in [0.25, 0.3) is 0 Å². The van der Waals surface area contributed by atoms with E-state index in [1.165, 1.54) is 4.90 Å². The van der Waals surface area contributed by atoms with E-state index in [1.54, 1.807) is 0 Å². The largest absolute Gasteiger partial charge is 0.480 e. The second kappa shape index (κ2) is 7.64. The number of hydrogen-bond acceptors (Lipinski definition) is 3. The Bertz CT molecular complexity index is 369. The highest BCUT2D eigenvalue weighted by molar-refractivity contribution is 5.80. The summed E-state index contributed by atoms with van der Waals surface area (Å²) >= 11 is 0. The molecule has 0 radical (unpaired) electrons. The molecule has 2 N–H and O–H groups in total. The first-order chi connectivity index (χ1) is 10.1. The Morgan fingerprint density at radius 1 is 1.29 bits per heavy atom. The van der Waals surface area contributed by atoms with Crippen molar-refractivity contribution >= 4 is 12.0 Å². The first-order valence-electron chi connectivity index (χ1n) is 8.08. The second-order valence-electron chi connectivity index (χ2n) is 6.19. The average Bonchev–Trinajstić information content (AvgIpc) is 3.12. The number of hydrogen-bond donors (Lipinski definition) is 2. The van der Waals surface area contributed by atoms with Gasteiger partial charge in [0.2, 0.25) is 0 Å². The van der Waals surface area contributed by atoms with Crippen LogP contribution in [0.5, 0.6) is 0 Å². The Kier molecular flexibility index (Phi) is 5.85. The Morgan fingerprint density at radius 3 is 2.57 bits per heavy atom. The van der Waals surface area contributed by atoms with Crippen molar-refractivity contribution in [1.29, 1.82) is 0 Å². The molecule has 1 heterocycles. The van der Waals surface area contributed by atoms with Crippen molar-refractivity contribution in [2.24, 2.45) is 5.92 Å². The minimum atomic E-state index is -0.935. The molecule has 1 aliphatic carbocycles. The summed E-state index contributed by atoms with van der Waals surface area (Å²) in [5.74, 6) is -0.445. The van der Waals surface area contributed by atoms with E-state index in [0.717, 1.165) is 51.7 Å². The lowest BCUT2D eigenvalue weighted by molar-refractivity contribution is -0.138. The van der Waals surface area contributed by atoms with Gasteiger partial charge in [-0.25, -0.2) is 4.79 Å². The van der Waals surface area contributed by atoms with Gasteiger partial charge in [-0.3, -0.25) is 4.79 Å². The third kappa shape index (κ3) is 4.59. The number of carboxylic acid groups (broad SMARTS) is 1. The van der Waals surface area contributed by atoms with Crippen LogP contribution in [0.4, 0.5) is 4.79 Å². The van der Waals surface area contributed by atoms with E-state index in [1.807, 2.05) is 0 Å². The predicted molar refractivity (Wildman–Crippen MR) is 80.2 cm³/mol. The van der Waals surface area contributed by atoms with Crippen molar-refractivity contribution in [3.63, 3.8) is 0 Å². The first kappa shape index (κ1) is 16.1. The molecule has 1 unspecified atom stereocenters. The molecule has 2 fully saturated rings. The van der Waals surface area contributed by atoms with Gasteiger partial charge >= 0.3 is 12.0 Å². The van der Waals surface area contributed by atoms with Crippen LogP contribution in [0.15, 0.2) is 0 Å². The molecule has 21 heavy (non-hydrogen) atoms. The van der Waals surface area contributed by atoms with Crippen molar-refractivity contribution in [1.82, 2.24) is 15.1 Å². The van der Waals surface area contributed by atoms with Gasteiger partial charge in [0, 0.05) is 19.1 Å². The Hall–Kier alpha value is -1.30. The fraction of sp³-hybridized carbons (Fsp3) is 0.867. The molecular weight excluding hydrogens is 270 g/mol. The molecule has 1 atom stereocenters. The molecule has 1 aliphatic heterocycles. The Balaban J connectivity index is 1.82. The SMILES string of the molecule is CCN1CCC(CNC(=O)N(CC(=O)O)C2CCCC2)C1. The van der Waals surface area contributed by atoms with E-state index in [2.05, 4.69) is 17.1 Å². The molecule has 2 amide bonds. The summed E-state index contributed by atoms with van der Waals surface area (Å²) in [6.45, 7) is 5.78. The minimum Gasteiger partial charge on any atom is -0.480 e. The molecule has 0 aromatic rings. The molecule has 6 nitrogen and oxygen atoms in total. The summed E-state index contributed by atoms with van der Waals surface area (Å²) in [6.07, 6.45) is 5.13. The molecule has 120 valence electrons. The van der Waals surface area contributed by atoms with Gasteiger partial charge in [-0.1, -0.05) is 19.8 Å². The van der Waals surface area contributed by atoms with E-state index in [0.29, 0.717) is 12.5 Å². The van der Waals surface area contributed by atoms with Crippen LogP contribution in [-0.2, 0) is 4.79 Å². The van der Waals surface area contributed by atoms with Crippen LogP contribution in [0.1, 0.15) is 39.0 Å². The van der Waals surface area contributed by atoms with E-state index in [-0.39, 0.29) is 18.6 Å². The lowest BCUT2D eigenvalue weighted by Gasteiger charge is -2.28.